The van der Waals surface area contributed by atoms with Gasteiger partial charge in [0.05, 0.1) is 17.4 Å². The maximum Gasteiger partial charge on any atom is 0.191 e. The third-order valence-electron chi connectivity index (χ3n) is 4.38. The minimum absolute atomic E-state index is 0. The lowest BCUT2D eigenvalue weighted by atomic mass is 10.1. The Hall–Kier alpha value is -1.61. The topological polar surface area (TPSA) is 54.2 Å². The number of para-hydroxylation sites is 2. The van der Waals surface area contributed by atoms with Gasteiger partial charge in [-0.05, 0) is 47.9 Å². The Labute approximate surface area is 182 Å². The fraction of sp³-hybridized carbons (Fsp3) is 0.400. The van der Waals surface area contributed by atoms with Crippen molar-refractivity contribution in [2.24, 2.45) is 4.99 Å². The van der Waals surface area contributed by atoms with Gasteiger partial charge in [-0.1, -0.05) is 19.1 Å². The number of aliphatic imine (C=N–C) groups is 1. The first-order valence-corrected chi connectivity index (χ1v) is 10.2. The van der Waals surface area contributed by atoms with E-state index < -0.39 is 0 Å². The van der Waals surface area contributed by atoms with Crippen LogP contribution in [0.1, 0.15) is 31.7 Å². The highest BCUT2D eigenvalue weighted by Crippen LogP contribution is 2.18. The van der Waals surface area contributed by atoms with E-state index in [4.69, 9.17) is 4.99 Å². The third kappa shape index (κ3) is 6.21. The molecule has 0 fully saturated rings. The molecule has 2 aromatic heterocycles. The molecule has 5 nitrogen and oxygen atoms in total. The number of rotatable bonds is 8. The summed E-state index contributed by atoms with van der Waals surface area (Å²) < 4.78 is 2.21. The second kappa shape index (κ2) is 11.3. The molecule has 0 aliphatic heterocycles. The van der Waals surface area contributed by atoms with Crippen LogP contribution >= 0.6 is 35.3 Å². The van der Waals surface area contributed by atoms with Gasteiger partial charge in [-0.3, -0.25) is 4.99 Å². The molecule has 27 heavy (non-hydrogen) atoms. The van der Waals surface area contributed by atoms with E-state index in [9.17, 15) is 0 Å². The van der Waals surface area contributed by atoms with Gasteiger partial charge in [0, 0.05) is 32.1 Å². The Kier molecular flexibility index (Phi) is 9.06. The zero-order chi connectivity index (χ0) is 18.2. The van der Waals surface area contributed by atoms with E-state index in [-0.39, 0.29) is 24.0 Å². The van der Waals surface area contributed by atoms with Crippen molar-refractivity contribution >= 4 is 52.3 Å². The summed E-state index contributed by atoms with van der Waals surface area (Å²) in [7, 11) is 0. The number of aromatic nitrogens is 2. The van der Waals surface area contributed by atoms with Gasteiger partial charge in [0.2, 0.25) is 0 Å². The Bertz CT molecular complexity index is 828. The Morgan fingerprint density at radius 1 is 1.26 bits per heavy atom. The fourth-order valence-corrected chi connectivity index (χ4v) is 3.66. The molecule has 0 spiro atoms. The van der Waals surface area contributed by atoms with E-state index in [1.54, 1.807) is 11.3 Å². The van der Waals surface area contributed by atoms with Gasteiger partial charge in [0.1, 0.15) is 0 Å². The second-order valence-electron chi connectivity index (χ2n) is 6.38. The molecule has 7 heteroatoms. The predicted octanol–water partition coefficient (Wildman–Crippen LogP) is 4.46. The van der Waals surface area contributed by atoms with E-state index in [2.05, 4.69) is 69.1 Å². The monoisotopic (exact) mass is 497 g/mol. The highest BCUT2D eigenvalue weighted by atomic mass is 127. The molecular formula is C20H28IN5S. The van der Waals surface area contributed by atoms with Crippen molar-refractivity contribution in [3.8, 4) is 0 Å². The smallest absolute Gasteiger partial charge is 0.191 e. The summed E-state index contributed by atoms with van der Waals surface area (Å²) in [5.74, 6) is 1.33. The first-order valence-electron chi connectivity index (χ1n) is 9.22. The van der Waals surface area contributed by atoms with Crippen LogP contribution in [0.3, 0.4) is 0 Å². The van der Waals surface area contributed by atoms with Crippen molar-refractivity contribution in [1.82, 2.24) is 20.2 Å². The molecule has 0 saturated heterocycles. The Morgan fingerprint density at radius 3 is 2.89 bits per heavy atom. The molecule has 0 amide bonds. The number of thiophene rings is 1. The zero-order valence-corrected chi connectivity index (χ0v) is 19.0. The molecule has 146 valence electrons. The number of nitrogens with zero attached hydrogens (tertiary/aromatic N) is 3. The third-order valence-corrected chi connectivity index (χ3v) is 5.08. The van der Waals surface area contributed by atoms with Gasteiger partial charge in [0.25, 0.3) is 0 Å². The van der Waals surface area contributed by atoms with Crippen LogP contribution in [0.15, 0.2) is 52.4 Å². The number of hydrogen-bond donors (Lipinski definition) is 2. The quantitative estimate of drug-likeness (QED) is 0.209. The highest BCUT2D eigenvalue weighted by molar-refractivity contribution is 14.0. The van der Waals surface area contributed by atoms with Crippen LogP contribution in [0.5, 0.6) is 0 Å². The van der Waals surface area contributed by atoms with E-state index in [0.29, 0.717) is 5.92 Å². The van der Waals surface area contributed by atoms with Crippen LogP contribution < -0.4 is 10.6 Å². The average molecular weight is 497 g/mol. The first-order chi connectivity index (χ1) is 12.8. The molecule has 0 aliphatic rings. The number of benzene rings is 1. The summed E-state index contributed by atoms with van der Waals surface area (Å²) in [6.07, 6.45) is 2.94. The molecule has 3 rings (SSSR count). The van der Waals surface area contributed by atoms with Crippen LogP contribution in [0.25, 0.3) is 11.0 Å². The van der Waals surface area contributed by atoms with Crippen LogP contribution in [0, 0.1) is 0 Å². The number of imidazole rings is 1. The fourth-order valence-electron chi connectivity index (χ4n) is 2.88. The number of aryl methyl sites for hydroxylation is 1. The molecule has 1 unspecified atom stereocenters. The molecule has 0 saturated carbocycles. The van der Waals surface area contributed by atoms with Crippen LogP contribution in [-0.2, 0) is 6.54 Å². The zero-order valence-electron chi connectivity index (χ0n) is 15.9. The van der Waals surface area contributed by atoms with Crippen molar-refractivity contribution in [2.75, 3.05) is 19.6 Å². The van der Waals surface area contributed by atoms with Crippen LogP contribution in [0.2, 0.25) is 0 Å². The molecule has 0 bridgehead atoms. The standard InChI is InChI=1S/C20H27N5S.HI/c1-3-21-20(23-13-16(2)17-9-12-26-14-17)22-10-6-11-25-15-24-18-7-4-5-8-19(18)25;/h4-5,7-9,12,14-16H,3,6,10-11,13H2,1-2H3,(H2,21,22,23);1H. The summed E-state index contributed by atoms with van der Waals surface area (Å²) >= 11 is 1.74. The van der Waals surface area contributed by atoms with Crippen molar-refractivity contribution in [3.05, 3.63) is 53.0 Å². The van der Waals surface area contributed by atoms with Gasteiger partial charge >= 0.3 is 0 Å². The molecule has 0 aliphatic carbocycles. The lowest BCUT2D eigenvalue weighted by Crippen LogP contribution is -2.38. The van der Waals surface area contributed by atoms with E-state index in [1.807, 2.05) is 12.4 Å². The Balaban J connectivity index is 0.00000261. The normalized spacial score (nSPS) is 12.6. The van der Waals surface area contributed by atoms with Crippen molar-refractivity contribution in [3.63, 3.8) is 0 Å². The van der Waals surface area contributed by atoms with Gasteiger partial charge in [-0.15, -0.1) is 24.0 Å². The number of nitrogens with one attached hydrogen (secondary N) is 2. The van der Waals surface area contributed by atoms with Gasteiger partial charge < -0.3 is 15.2 Å². The summed E-state index contributed by atoms with van der Waals surface area (Å²) in [5.41, 5.74) is 3.61. The molecular weight excluding hydrogens is 469 g/mol. The van der Waals surface area contributed by atoms with Crippen molar-refractivity contribution in [1.29, 1.82) is 0 Å². The van der Waals surface area contributed by atoms with Gasteiger partial charge in [-0.2, -0.15) is 11.3 Å². The van der Waals surface area contributed by atoms with Gasteiger partial charge in [0.15, 0.2) is 5.96 Å². The molecule has 3 aromatic rings. The summed E-state index contributed by atoms with van der Waals surface area (Å²) in [6, 6.07) is 10.4. The minimum Gasteiger partial charge on any atom is -0.357 e. The molecule has 2 N–H and O–H groups in total. The SMILES string of the molecule is CCNC(=NCC(C)c1ccsc1)NCCCn1cnc2ccccc21.I. The number of guanidine groups is 1. The summed E-state index contributed by atoms with van der Waals surface area (Å²) in [5, 5.41) is 11.1. The maximum atomic E-state index is 4.73. The number of fused-ring (bicyclic) bond motifs is 1. The number of halogens is 1. The van der Waals surface area contributed by atoms with E-state index in [1.165, 1.54) is 11.1 Å². The lowest BCUT2D eigenvalue weighted by Gasteiger charge is -2.13. The van der Waals surface area contributed by atoms with Crippen LogP contribution in [-0.4, -0.2) is 35.1 Å². The average Bonchev–Trinajstić information content (AvgIpc) is 3.33. The lowest BCUT2D eigenvalue weighted by molar-refractivity contribution is 0.636. The highest BCUT2D eigenvalue weighted by Gasteiger charge is 2.06. The molecule has 0 radical (unpaired) electrons. The summed E-state index contributed by atoms with van der Waals surface area (Å²) in [4.78, 5) is 9.18. The molecule has 1 aromatic carbocycles. The van der Waals surface area contributed by atoms with Gasteiger partial charge in [-0.25, -0.2) is 4.98 Å². The molecule has 2 heterocycles. The maximum absolute atomic E-state index is 4.73. The Morgan fingerprint density at radius 2 is 2.11 bits per heavy atom. The number of hydrogen-bond acceptors (Lipinski definition) is 3. The largest absolute Gasteiger partial charge is 0.357 e. The minimum atomic E-state index is 0. The van der Waals surface area contributed by atoms with Crippen LogP contribution in [0.4, 0.5) is 0 Å². The van der Waals surface area contributed by atoms with E-state index in [0.717, 1.165) is 44.1 Å². The van der Waals surface area contributed by atoms with Crippen molar-refractivity contribution in [2.45, 2.75) is 32.7 Å². The molecule has 1 atom stereocenters. The van der Waals surface area contributed by atoms with E-state index >= 15 is 0 Å². The predicted molar refractivity (Wildman–Crippen MR) is 126 cm³/mol. The second-order valence-corrected chi connectivity index (χ2v) is 7.16. The first kappa shape index (κ1) is 21.7. The van der Waals surface area contributed by atoms with Crippen molar-refractivity contribution < 1.29 is 0 Å². The summed E-state index contributed by atoms with van der Waals surface area (Å²) in [6.45, 7) is 7.79.